The molecular formula is C13H16N2OS. The van der Waals surface area contributed by atoms with E-state index in [1.807, 2.05) is 6.07 Å². The molecular weight excluding hydrogens is 232 g/mol. The van der Waals surface area contributed by atoms with Crippen molar-refractivity contribution in [3.63, 3.8) is 0 Å². The van der Waals surface area contributed by atoms with Crippen LogP contribution in [0.2, 0.25) is 0 Å². The number of aryl methyl sites for hydroxylation is 1. The van der Waals surface area contributed by atoms with E-state index in [9.17, 15) is 0 Å². The van der Waals surface area contributed by atoms with Gasteiger partial charge in [0.25, 0.3) is 0 Å². The predicted molar refractivity (Wildman–Crippen MR) is 70.7 cm³/mol. The third-order valence-electron chi connectivity index (χ3n) is 2.58. The van der Waals surface area contributed by atoms with Crippen molar-refractivity contribution in [2.24, 2.45) is 5.84 Å². The zero-order valence-electron chi connectivity index (χ0n) is 9.72. The van der Waals surface area contributed by atoms with E-state index in [1.165, 1.54) is 10.5 Å². The molecule has 1 aromatic carbocycles. The van der Waals surface area contributed by atoms with Gasteiger partial charge in [-0.1, -0.05) is 17.7 Å². The molecule has 0 spiro atoms. The van der Waals surface area contributed by atoms with Crippen molar-refractivity contribution in [2.45, 2.75) is 17.9 Å². The van der Waals surface area contributed by atoms with E-state index < -0.39 is 0 Å². The summed E-state index contributed by atoms with van der Waals surface area (Å²) < 4.78 is 5.06. The highest BCUT2D eigenvalue weighted by atomic mass is 32.2. The Balaban J connectivity index is 1.94. The van der Waals surface area contributed by atoms with E-state index >= 15 is 0 Å². The molecule has 2 rings (SSSR count). The van der Waals surface area contributed by atoms with Crippen molar-refractivity contribution >= 4 is 11.8 Å². The zero-order valence-corrected chi connectivity index (χ0v) is 10.5. The minimum atomic E-state index is 0.111. The van der Waals surface area contributed by atoms with Gasteiger partial charge in [0.05, 0.1) is 18.6 Å². The molecule has 0 amide bonds. The number of benzene rings is 1. The van der Waals surface area contributed by atoms with E-state index in [4.69, 9.17) is 10.3 Å². The molecule has 0 aliphatic carbocycles. The Labute approximate surface area is 105 Å². The highest BCUT2D eigenvalue weighted by Crippen LogP contribution is 2.24. The molecule has 0 bridgehead atoms. The second kappa shape index (κ2) is 5.91. The first-order valence-corrected chi connectivity index (χ1v) is 6.46. The number of nitrogens with two attached hydrogens (primary N) is 1. The van der Waals surface area contributed by atoms with Crippen LogP contribution >= 0.6 is 11.8 Å². The molecule has 1 unspecified atom stereocenters. The molecule has 4 heteroatoms. The topological polar surface area (TPSA) is 51.2 Å². The normalized spacial score (nSPS) is 12.6. The van der Waals surface area contributed by atoms with Crippen LogP contribution in [0, 0.1) is 6.92 Å². The molecule has 0 saturated carbocycles. The predicted octanol–water partition coefficient (Wildman–Crippen LogP) is 2.88. The van der Waals surface area contributed by atoms with Crippen molar-refractivity contribution in [3.05, 3.63) is 54.0 Å². The monoisotopic (exact) mass is 248 g/mol. The minimum absolute atomic E-state index is 0.111. The quantitative estimate of drug-likeness (QED) is 0.485. The second-order valence-corrected chi connectivity index (χ2v) is 4.99. The molecule has 90 valence electrons. The van der Waals surface area contributed by atoms with Crippen LogP contribution in [0.1, 0.15) is 17.2 Å². The first kappa shape index (κ1) is 12.2. The van der Waals surface area contributed by atoms with Crippen LogP contribution in [0.4, 0.5) is 0 Å². The number of hydrazine groups is 1. The average molecular weight is 248 g/mol. The summed E-state index contributed by atoms with van der Waals surface area (Å²) in [4.78, 5) is 1.25. The molecule has 0 aliphatic rings. The fourth-order valence-electron chi connectivity index (χ4n) is 1.53. The lowest BCUT2D eigenvalue weighted by Crippen LogP contribution is -2.29. The van der Waals surface area contributed by atoms with E-state index in [0.29, 0.717) is 0 Å². The van der Waals surface area contributed by atoms with Crippen LogP contribution in [0.3, 0.4) is 0 Å². The van der Waals surface area contributed by atoms with Gasteiger partial charge in [-0.2, -0.15) is 0 Å². The first-order valence-electron chi connectivity index (χ1n) is 5.47. The summed E-state index contributed by atoms with van der Waals surface area (Å²) in [5.41, 5.74) is 5.16. The lowest BCUT2D eigenvalue weighted by molar-refractivity contribution is 0.548. The van der Waals surface area contributed by atoms with Gasteiger partial charge in [-0.25, -0.2) is 0 Å². The number of furan rings is 1. The summed E-state index contributed by atoms with van der Waals surface area (Å²) in [5.74, 6) is 6.42. The van der Waals surface area contributed by atoms with Crippen molar-refractivity contribution in [1.82, 2.24) is 5.43 Å². The van der Waals surface area contributed by atoms with E-state index in [1.54, 1.807) is 24.3 Å². The summed E-state index contributed by atoms with van der Waals surface area (Å²) in [6.07, 6.45) is 3.39. The molecule has 0 fully saturated rings. The fourth-order valence-corrected chi connectivity index (χ4v) is 2.50. The fraction of sp³-hybridized carbons (Fsp3) is 0.231. The van der Waals surface area contributed by atoms with Crippen molar-refractivity contribution in [3.8, 4) is 0 Å². The van der Waals surface area contributed by atoms with E-state index in [2.05, 4.69) is 36.6 Å². The number of rotatable bonds is 5. The Hall–Kier alpha value is -1.23. The second-order valence-electron chi connectivity index (χ2n) is 3.90. The zero-order chi connectivity index (χ0) is 12.1. The van der Waals surface area contributed by atoms with Gasteiger partial charge in [-0.05, 0) is 25.1 Å². The maximum atomic E-state index is 5.55. The summed E-state index contributed by atoms with van der Waals surface area (Å²) in [5, 5.41) is 0. The lowest BCUT2D eigenvalue weighted by Gasteiger charge is -2.13. The molecule has 1 aromatic heterocycles. The minimum Gasteiger partial charge on any atom is -0.472 e. The molecule has 2 aromatic rings. The van der Waals surface area contributed by atoms with Crippen LogP contribution in [0.5, 0.6) is 0 Å². The van der Waals surface area contributed by atoms with Crippen LogP contribution in [-0.2, 0) is 0 Å². The number of hydrogen-bond donors (Lipinski definition) is 2. The summed E-state index contributed by atoms with van der Waals surface area (Å²) >= 11 is 1.78. The van der Waals surface area contributed by atoms with Crippen LogP contribution in [0.25, 0.3) is 0 Å². The summed E-state index contributed by atoms with van der Waals surface area (Å²) in [6, 6.07) is 10.5. The SMILES string of the molecule is Cc1ccc(SCC(NN)c2ccoc2)cc1. The van der Waals surface area contributed by atoms with Gasteiger partial charge >= 0.3 is 0 Å². The van der Waals surface area contributed by atoms with Crippen molar-refractivity contribution in [1.29, 1.82) is 0 Å². The Morgan fingerprint density at radius 1 is 1.29 bits per heavy atom. The number of hydrogen-bond acceptors (Lipinski definition) is 4. The average Bonchev–Trinajstić information content (AvgIpc) is 2.86. The smallest absolute Gasteiger partial charge is 0.0951 e. The first-order chi connectivity index (χ1) is 8.29. The Morgan fingerprint density at radius 3 is 2.65 bits per heavy atom. The van der Waals surface area contributed by atoms with Gasteiger partial charge in [0.2, 0.25) is 0 Å². The summed E-state index contributed by atoms with van der Waals surface area (Å²) in [6.45, 7) is 2.09. The van der Waals surface area contributed by atoms with Gasteiger partial charge < -0.3 is 4.42 Å². The maximum absolute atomic E-state index is 5.55. The lowest BCUT2D eigenvalue weighted by atomic mass is 10.2. The standard InChI is InChI=1S/C13H16N2OS/c1-10-2-4-12(5-3-10)17-9-13(15-14)11-6-7-16-8-11/h2-8,13,15H,9,14H2,1H3. The van der Waals surface area contributed by atoms with Crippen molar-refractivity contribution < 1.29 is 4.42 Å². The molecule has 0 saturated heterocycles. The Bertz CT molecular complexity index is 439. The summed E-state index contributed by atoms with van der Waals surface area (Å²) in [7, 11) is 0. The Kier molecular flexibility index (Phi) is 4.25. The maximum Gasteiger partial charge on any atom is 0.0951 e. The van der Waals surface area contributed by atoms with Crippen LogP contribution < -0.4 is 11.3 Å². The largest absolute Gasteiger partial charge is 0.472 e. The highest BCUT2D eigenvalue weighted by Gasteiger charge is 2.11. The molecule has 3 N–H and O–H groups in total. The molecule has 17 heavy (non-hydrogen) atoms. The highest BCUT2D eigenvalue weighted by molar-refractivity contribution is 7.99. The van der Waals surface area contributed by atoms with Gasteiger partial charge in [0.1, 0.15) is 0 Å². The number of thioether (sulfide) groups is 1. The van der Waals surface area contributed by atoms with Gasteiger partial charge in [0, 0.05) is 16.2 Å². The van der Waals surface area contributed by atoms with E-state index in [-0.39, 0.29) is 6.04 Å². The van der Waals surface area contributed by atoms with Crippen LogP contribution in [0.15, 0.2) is 52.2 Å². The van der Waals surface area contributed by atoms with Gasteiger partial charge in [0.15, 0.2) is 0 Å². The molecule has 0 radical (unpaired) electrons. The molecule has 0 aliphatic heterocycles. The van der Waals surface area contributed by atoms with Crippen LogP contribution in [-0.4, -0.2) is 5.75 Å². The third-order valence-corrected chi connectivity index (χ3v) is 3.69. The van der Waals surface area contributed by atoms with Gasteiger partial charge in [-0.15, -0.1) is 11.8 Å². The molecule has 1 atom stereocenters. The third kappa shape index (κ3) is 3.36. The van der Waals surface area contributed by atoms with Crippen molar-refractivity contribution in [2.75, 3.05) is 5.75 Å². The molecule has 1 heterocycles. The Morgan fingerprint density at radius 2 is 2.06 bits per heavy atom. The number of nitrogens with one attached hydrogen (secondary N) is 1. The molecule has 3 nitrogen and oxygen atoms in total. The van der Waals surface area contributed by atoms with E-state index in [0.717, 1.165) is 11.3 Å². The van der Waals surface area contributed by atoms with Gasteiger partial charge in [-0.3, -0.25) is 11.3 Å².